The first-order valence-electron chi connectivity index (χ1n) is 10.9. The van der Waals surface area contributed by atoms with E-state index in [9.17, 15) is 10.1 Å². The van der Waals surface area contributed by atoms with Crippen molar-refractivity contribution in [2.24, 2.45) is 0 Å². The van der Waals surface area contributed by atoms with E-state index in [1.807, 2.05) is 6.08 Å². The number of nitrogens with zero attached hydrogens (tertiary/aromatic N) is 3. The van der Waals surface area contributed by atoms with Crippen molar-refractivity contribution in [2.75, 3.05) is 32.1 Å². The lowest BCUT2D eigenvalue weighted by atomic mass is 9.76. The molecule has 2 aromatic rings. The minimum absolute atomic E-state index is 0.0784. The van der Waals surface area contributed by atoms with Crippen LogP contribution in [0.3, 0.4) is 0 Å². The number of anilines is 1. The topological polar surface area (TPSA) is 58.9 Å². The van der Waals surface area contributed by atoms with Crippen molar-refractivity contribution in [3.05, 3.63) is 69.8 Å². The summed E-state index contributed by atoms with van der Waals surface area (Å²) >= 11 is 0. The number of fused-ring (bicyclic) bond motifs is 2. The van der Waals surface area contributed by atoms with Crippen LogP contribution in [0, 0.1) is 10.1 Å². The number of hydrogen-bond donors (Lipinski definition) is 0. The molecule has 6 nitrogen and oxygen atoms in total. The molecule has 1 unspecified atom stereocenters. The van der Waals surface area contributed by atoms with Gasteiger partial charge in [0, 0.05) is 29.9 Å². The van der Waals surface area contributed by atoms with Gasteiger partial charge in [-0.05, 0) is 77.2 Å². The SMILES string of the molecule is CN(C)CCCCCN1c2ccccc2C(C)(C)C12C=Cc1cc([N+](=O)[O-])ccc1O2. The third-order valence-corrected chi connectivity index (χ3v) is 6.61. The molecule has 2 aliphatic heterocycles. The van der Waals surface area contributed by atoms with Crippen molar-refractivity contribution in [1.82, 2.24) is 4.90 Å². The maximum absolute atomic E-state index is 11.2. The Bertz CT molecular complexity index is 1010. The number of non-ortho nitro benzene ring substituents is 1. The van der Waals surface area contributed by atoms with E-state index in [0.29, 0.717) is 5.75 Å². The number of hydrogen-bond acceptors (Lipinski definition) is 5. The zero-order valence-electron chi connectivity index (χ0n) is 18.8. The molecule has 6 heteroatoms. The molecule has 0 amide bonds. The van der Waals surface area contributed by atoms with Gasteiger partial charge in [-0.1, -0.05) is 24.6 Å². The first-order chi connectivity index (χ1) is 14.8. The Balaban J connectivity index is 1.67. The predicted molar refractivity (Wildman–Crippen MR) is 125 cm³/mol. The third kappa shape index (κ3) is 3.59. The van der Waals surface area contributed by atoms with Crippen LogP contribution in [-0.2, 0) is 5.41 Å². The summed E-state index contributed by atoms with van der Waals surface area (Å²) in [6, 6.07) is 13.4. The number of nitro benzene ring substituents is 1. The van der Waals surface area contributed by atoms with Crippen LogP contribution in [0.1, 0.15) is 44.2 Å². The Labute approximate surface area is 184 Å². The summed E-state index contributed by atoms with van der Waals surface area (Å²) in [6.45, 7) is 6.42. The van der Waals surface area contributed by atoms with Gasteiger partial charge in [0.1, 0.15) is 5.75 Å². The van der Waals surface area contributed by atoms with Gasteiger partial charge in [0.05, 0.1) is 10.3 Å². The smallest absolute Gasteiger partial charge is 0.270 e. The van der Waals surface area contributed by atoms with Crippen molar-refractivity contribution < 1.29 is 9.66 Å². The lowest BCUT2D eigenvalue weighted by Gasteiger charge is -2.47. The Morgan fingerprint density at radius 2 is 1.87 bits per heavy atom. The maximum atomic E-state index is 11.2. The fraction of sp³-hybridized carbons (Fsp3) is 0.440. The Morgan fingerprint density at radius 1 is 1.10 bits per heavy atom. The van der Waals surface area contributed by atoms with Gasteiger partial charge in [0.15, 0.2) is 0 Å². The predicted octanol–water partition coefficient (Wildman–Crippen LogP) is 5.23. The summed E-state index contributed by atoms with van der Waals surface area (Å²) in [6.07, 6.45) is 7.48. The van der Waals surface area contributed by atoms with Crippen LogP contribution in [0.2, 0.25) is 0 Å². The van der Waals surface area contributed by atoms with E-state index in [1.54, 1.807) is 12.1 Å². The highest BCUT2D eigenvalue weighted by Gasteiger charge is 2.58. The second kappa shape index (κ2) is 8.00. The zero-order chi connectivity index (χ0) is 22.2. The second-order valence-corrected chi connectivity index (χ2v) is 9.27. The fourth-order valence-corrected chi connectivity index (χ4v) is 4.87. The van der Waals surface area contributed by atoms with Crippen LogP contribution in [0.4, 0.5) is 11.4 Å². The molecule has 0 N–H and O–H groups in total. The molecule has 4 rings (SSSR count). The lowest BCUT2D eigenvalue weighted by molar-refractivity contribution is -0.384. The van der Waals surface area contributed by atoms with Gasteiger partial charge in [0.25, 0.3) is 5.69 Å². The van der Waals surface area contributed by atoms with E-state index in [1.165, 1.54) is 23.7 Å². The molecule has 0 aromatic heterocycles. The molecular formula is C25H31N3O3. The summed E-state index contributed by atoms with van der Waals surface area (Å²) in [5.74, 6) is 0.687. The third-order valence-electron chi connectivity index (χ3n) is 6.61. The first kappa shape index (κ1) is 21.4. The van der Waals surface area contributed by atoms with Gasteiger partial charge in [-0.2, -0.15) is 0 Å². The minimum Gasteiger partial charge on any atom is -0.463 e. The van der Waals surface area contributed by atoms with E-state index in [4.69, 9.17) is 4.74 Å². The number of ether oxygens (including phenoxy) is 1. The number of benzene rings is 2. The van der Waals surface area contributed by atoms with Crippen molar-refractivity contribution in [3.8, 4) is 5.75 Å². The van der Waals surface area contributed by atoms with E-state index in [2.05, 4.69) is 68.1 Å². The Morgan fingerprint density at radius 3 is 2.61 bits per heavy atom. The van der Waals surface area contributed by atoms with Crippen LogP contribution in [0.15, 0.2) is 48.5 Å². The second-order valence-electron chi connectivity index (χ2n) is 9.27. The van der Waals surface area contributed by atoms with Gasteiger partial charge in [-0.3, -0.25) is 10.1 Å². The summed E-state index contributed by atoms with van der Waals surface area (Å²) in [5, 5.41) is 11.2. The standard InChI is InChI=1S/C25H31N3O3/c1-24(2)21-10-6-7-11-22(21)27(17-9-5-8-16-26(3)4)25(24)15-14-19-18-20(28(29)30)12-13-23(19)31-25/h6-7,10-15,18H,5,8-9,16-17H2,1-4H3. The van der Waals surface area contributed by atoms with Gasteiger partial charge >= 0.3 is 0 Å². The quantitative estimate of drug-likeness (QED) is 0.348. The summed E-state index contributed by atoms with van der Waals surface area (Å²) in [5.41, 5.74) is 2.34. The molecule has 1 atom stereocenters. The summed E-state index contributed by atoms with van der Waals surface area (Å²) in [7, 11) is 4.22. The van der Waals surface area contributed by atoms with Crippen molar-refractivity contribution in [2.45, 2.75) is 44.2 Å². The van der Waals surface area contributed by atoms with Crippen LogP contribution in [0.5, 0.6) is 5.75 Å². The lowest BCUT2D eigenvalue weighted by Crippen LogP contribution is -2.59. The van der Waals surface area contributed by atoms with Crippen LogP contribution >= 0.6 is 0 Å². The summed E-state index contributed by atoms with van der Waals surface area (Å²) in [4.78, 5) is 15.4. The van der Waals surface area contributed by atoms with Crippen LogP contribution in [0.25, 0.3) is 6.08 Å². The molecule has 0 aliphatic carbocycles. The fourth-order valence-electron chi connectivity index (χ4n) is 4.87. The van der Waals surface area contributed by atoms with Crippen LogP contribution in [-0.4, -0.2) is 42.7 Å². The molecule has 31 heavy (non-hydrogen) atoms. The molecule has 0 saturated heterocycles. The molecule has 0 saturated carbocycles. The highest BCUT2D eigenvalue weighted by Crippen LogP contribution is 2.55. The average Bonchev–Trinajstić information content (AvgIpc) is 2.91. The van der Waals surface area contributed by atoms with Crippen molar-refractivity contribution in [3.63, 3.8) is 0 Å². The number of unbranched alkanes of at least 4 members (excludes halogenated alkanes) is 2. The molecule has 2 aromatic carbocycles. The number of rotatable bonds is 7. The van der Waals surface area contributed by atoms with E-state index in [0.717, 1.165) is 31.5 Å². The highest BCUT2D eigenvalue weighted by atomic mass is 16.6. The summed E-state index contributed by atoms with van der Waals surface area (Å²) < 4.78 is 6.73. The Hall–Kier alpha value is -2.86. The van der Waals surface area contributed by atoms with E-state index < -0.39 is 5.72 Å². The normalized spacial score (nSPS) is 20.6. The average molecular weight is 422 g/mol. The highest BCUT2D eigenvalue weighted by molar-refractivity contribution is 5.73. The number of para-hydroxylation sites is 1. The van der Waals surface area contributed by atoms with E-state index >= 15 is 0 Å². The molecule has 0 bridgehead atoms. The minimum atomic E-state index is -0.665. The molecule has 1 spiro atoms. The molecule has 0 fully saturated rings. The molecule has 0 radical (unpaired) electrons. The van der Waals surface area contributed by atoms with Crippen molar-refractivity contribution >= 4 is 17.5 Å². The molecule has 164 valence electrons. The molecular weight excluding hydrogens is 390 g/mol. The molecule has 2 heterocycles. The van der Waals surface area contributed by atoms with Gasteiger partial charge in [-0.25, -0.2) is 0 Å². The zero-order valence-corrected chi connectivity index (χ0v) is 18.8. The monoisotopic (exact) mass is 421 g/mol. The maximum Gasteiger partial charge on any atom is 0.270 e. The van der Waals surface area contributed by atoms with Gasteiger partial charge in [-0.15, -0.1) is 0 Å². The van der Waals surface area contributed by atoms with E-state index in [-0.39, 0.29) is 16.0 Å². The van der Waals surface area contributed by atoms with Crippen molar-refractivity contribution in [1.29, 1.82) is 0 Å². The van der Waals surface area contributed by atoms with Gasteiger partial charge in [0.2, 0.25) is 5.72 Å². The largest absolute Gasteiger partial charge is 0.463 e. The van der Waals surface area contributed by atoms with Crippen LogP contribution < -0.4 is 9.64 Å². The van der Waals surface area contributed by atoms with Gasteiger partial charge < -0.3 is 14.5 Å². The Kier molecular flexibility index (Phi) is 5.52. The first-order valence-corrected chi connectivity index (χ1v) is 10.9. The molecule has 2 aliphatic rings. The number of nitro groups is 1.